The summed E-state index contributed by atoms with van der Waals surface area (Å²) in [5.41, 5.74) is 1.41. The highest BCUT2D eigenvalue weighted by Gasteiger charge is 1.99. The third kappa shape index (κ3) is 14.0. The van der Waals surface area contributed by atoms with Crippen LogP contribution in [-0.2, 0) is 0 Å². The molecule has 0 aliphatic carbocycles. The molecule has 1 heteroatoms. The van der Waals surface area contributed by atoms with Crippen molar-refractivity contribution in [1.82, 2.24) is 4.90 Å². The van der Waals surface area contributed by atoms with Crippen LogP contribution in [0, 0.1) is 5.92 Å². The summed E-state index contributed by atoms with van der Waals surface area (Å²) in [4.78, 5) is 2.52. The summed E-state index contributed by atoms with van der Waals surface area (Å²) >= 11 is 0. The summed E-state index contributed by atoms with van der Waals surface area (Å²) in [5, 5.41) is 0. The topological polar surface area (TPSA) is 3.24 Å². The standard InChI is InChI=1S/C20H39N/c1-6-8-10-16-21(17-11-9-7-2)18-15-20(5)14-12-13-19(3)4/h14-15,18-19H,6-13,16-17H2,1-5H3/b18-15+,20-14+. The van der Waals surface area contributed by atoms with Crippen LogP contribution in [0.5, 0.6) is 0 Å². The van der Waals surface area contributed by atoms with E-state index in [1.807, 2.05) is 0 Å². The third-order valence-corrected chi connectivity index (χ3v) is 3.86. The zero-order chi connectivity index (χ0) is 15.9. The fourth-order valence-corrected chi connectivity index (χ4v) is 2.33. The first-order chi connectivity index (χ1) is 10.1. The Labute approximate surface area is 134 Å². The molecule has 124 valence electrons. The summed E-state index contributed by atoms with van der Waals surface area (Å²) in [7, 11) is 0. The number of rotatable bonds is 13. The monoisotopic (exact) mass is 293 g/mol. The van der Waals surface area contributed by atoms with Crippen LogP contribution in [0.15, 0.2) is 23.9 Å². The summed E-state index contributed by atoms with van der Waals surface area (Å²) in [5.74, 6) is 0.803. The first-order valence-corrected chi connectivity index (χ1v) is 9.19. The van der Waals surface area contributed by atoms with Crippen molar-refractivity contribution in [2.24, 2.45) is 5.92 Å². The quantitative estimate of drug-likeness (QED) is 0.274. The van der Waals surface area contributed by atoms with Gasteiger partial charge in [-0.3, -0.25) is 0 Å². The molecular weight excluding hydrogens is 254 g/mol. The van der Waals surface area contributed by atoms with Gasteiger partial charge in [0.2, 0.25) is 0 Å². The number of allylic oxidation sites excluding steroid dienone is 3. The van der Waals surface area contributed by atoms with Crippen molar-refractivity contribution < 1.29 is 0 Å². The van der Waals surface area contributed by atoms with E-state index in [-0.39, 0.29) is 0 Å². The minimum atomic E-state index is 0.803. The molecule has 0 aromatic rings. The minimum Gasteiger partial charge on any atom is -0.377 e. The van der Waals surface area contributed by atoms with Crippen LogP contribution < -0.4 is 0 Å². The average Bonchev–Trinajstić information content (AvgIpc) is 2.44. The Balaban J connectivity index is 4.22. The van der Waals surface area contributed by atoms with Crippen molar-refractivity contribution >= 4 is 0 Å². The van der Waals surface area contributed by atoms with Gasteiger partial charge in [0.25, 0.3) is 0 Å². The van der Waals surface area contributed by atoms with Gasteiger partial charge in [-0.2, -0.15) is 0 Å². The fraction of sp³-hybridized carbons (Fsp3) is 0.800. The SMILES string of the molecule is CCCCCN(/C=C/C(C)=C/CCC(C)C)CCCCC. The van der Waals surface area contributed by atoms with Gasteiger partial charge in [-0.15, -0.1) is 0 Å². The lowest BCUT2D eigenvalue weighted by Gasteiger charge is -2.20. The highest BCUT2D eigenvalue weighted by Crippen LogP contribution is 2.09. The molecule has 0 aromatic heterocycles. The second kappa shape index (κ2) is 14.2. The van der Waals surface area contributed by atoms with E-state index in [0.717, 1.165) is 5.92 Å². The van der Waals surface area contributed by atoms with E-state index in [4.69, 9.17) is 0 Å². The molecule has 0 heterocycles. The molecule has 0 N–H and O–H groups in total. The first-order valence-electron chi connectivity index (χ1n) is 9.19. The van der Waals surface area contributed by atoms with Gasteiger partial charge in [0.15, 0.2) is 0 Å². The van der Waals surface area contributed by atoms with Crippen molar-refractivity contribution in [2.45, 2.75) is 86.0 Å². The van der Waals surface area contributed by atoms with E-state index in [0.29, 0.717) is 0 Å². The van der Waals surface area contributed by atoms with Crippen LogP contribution in [0.4, 0.5) is 0 Å². The molecule has 0 aliphatic heterocycles. The smallest absolute Gasteiger partial charge is 0.0172 e. The van der Waals surface area contributed by atoms with Gasteiger partial charge in [-0.05, 0) is 50.8 Å². The van der Waals surface area contributed by atoms with Gasteiger partial charge >= 0.3 is 0 Å². The number of hydrogen-bond donors (Lipinski definition) is 0. The molecule has 0 aromatic carbocycles. The molecule has 0 aliphatic rings. The molecule has 21 heavy (non-hydrogen) atoms. The van der Waals surface area contributed by atoms with Crippen molar-refractivity contribution in [2.75, 3.05) is 13.1 Å². The maximum Gasteiger partial charge on any atom is 0.0172 e. The Bertz CT molecular complexity index is 266. The van der Waals surface area contributed by atoms with E-state index in [1.54, 1.807) is 0 Å². The lowest BCUT2D eigenvalue weighted by atomic mass is 10.1. The molecule has 1 nitrogen and oxygen atoms in total. The molecule has 0 saturated heterocycles. The zero-order valence-electron chi connectivity index (χ0n) is 15.3. The van der Waals surface area contributed by atoms with E-state index < -0.39 is 0 Å². The van der Waals surface area contributed by atoms with Crippen molar-refractivity contribution in [3.05, 3.63) is 23.9 Å². The summed E-state index contributed by atoms with van der Waals surface area (Å²) in [6.45, 7) is 13.8. The predicted octanol–water partition coefficient (Wildman–Crippen LogP) is 6.57. The Morgan fingerprint density at radius 1 is 0.952 bits per heavy atom. The molecule has 0 amide bonds. The fourth-order valence-electron chi connectivity index (χ4n) is 2.33. The van der Waals surface area contributed by atoms with Gasteiger partial charge in [0.05, 0.1) is 0 Å². The minimum absolute atomic E-state index is 0.803. The first kappa shape index (κ1) is 20.3. The molecule has 0 spiro atoms. The summed E-state index contributed by atoms with van der Waals surface area (Å²) in [6.07, 6.45) is 17.5. The van der Waals surface area contributed by atoms with E-state index in [9.17, 15) is 0 Å². The maximum atomic E-state index is 2.52. The summed E-state index contributed by atoms with van der Waals surface area (Å²) < 4.78 is 0. The van der Waals surface area contributed by atoms with Crippen molar-refractivity contribution in [3.8, 4) is 0 Å². The van der Waals surface area contributed by atoms with Gasteiger partial charge in [0.1, 0.15) is 0 Å². The van der Waals surface area contributed by atoms with Crippen molar-refractivity contribution in [1.29, 1.82) is 0 Å². The van der Waals surface area contributed by atoms with Gasteiger partial charge in [0, 0.05) is 13.1 Å². The molecule has 0 bridgehead atoms. The number of unbranched alkanes of at least 4 members (excludes halogenated alkanes) is 4. The highest BCUT2D eigenvalue weighted by molar-refractivity contribution is 5.15. The molecule has 0 fully saturated rings. The second-order valence-corrected chi connectivity index (χ2v) is 6.69. The predicted molar refractivity (Wildman–Crippen MR) is 97.6 cm³/mol. The Hall–Kier alpha value is -0.720. The maximum absolute atomic E-state index is 2.52. The largest absolute Gasteiger partial charge is 0.377 e. The van der Waals surface area contributed by atoms with E-state index >= 15 is 0 Å². The normalized spacial score (nSPS) is 12.6. The zero-order valence-corrected chi connectivity index (χ0v) is 15.3. The Kier molecular flexibility index (Phi) is 13.7. The van der Waals surface area contributed by atoms with Crippen LogP contribution in [0.1, 0.15) is 86.0 Å². The van der Waals surface area contributed by atoms with Crippen LogP contribution in [0.3, 0.4) is 0 Å². The van der Waals surface area contributed by atoms with Gasteiger partial charge < -0.3 is 4.90 Å². The molecule has 0 atom stereocenters. The lowest BCUT2D eigenvalue weighted by molar-refractivity contribution is 0.353. The Morgan fingerprint density at radius 2 is 1.52 bits per heavy atom. The van der Waals surface area contributed by atoms with Crippen LogP contribution >= 0.6 is 0 Å². The second-order valence-electron chi connectivity index (χ2n) is 6.69. The molecule has 0 radical (unpaired) electrons. The van der Waals surface area contributed by atoms with Crippen molar-refractivity contribution in [3.63, 3.8) is 0 Å². The van der Waals surface area contributed by atoms with Crippen LogP contribution in [0.2, 0.25) is 0 Å². The Morgan fingerprint density at radius 3 is 2.00 bits per heavy atom. The molecule has 0 saturated carbocycles. The number of hydrogen-bond acceptors (Lipinski definition) is 1. The average molecular weight is 294 g/mol. The molecular formula is C20H39N. The highest BCUT2D eigenvalue weighted by atomic mass is 15.1. The molecule has 0 unspecified atom stereocenters. The third-order valence-electron chi connectivity index (χ3n) is 3.86. The van der Waals surface area contributed by atoms with Crippen LogP contribution in [-0.4, -0.2) is 18.0 Å². The number of nitrogens with zero attached hydrogens (tertiary/aromatic N) is 1. The van der Waals surface area contributed by atoms with E-state index in [1.165, 1.54) is 70.0 Å². The lowest BCUT2D eigenvalue weighted by Crippen LogP contribution is -2.20. The van der Waals surface area contributed by atoms with Gasteiger partial charge in [-0.1, -0.05) is 65.0 Å². The summed E-state index contributed by atoms with van der Waals surface area (Å²) in [6, 6.07) is 0. The molecule has 0 rings (SSSR count). The van der Waals surface area contributed by atoms with Gasteiger partial charge in [-0.25, -0.2) is 0 Å². The van der Waals surface area contributed by atoms with E-state index in [2.05, 4.69) is 57.9 Å². The van der Waals surface area contributed by atoms with Crippen LogP contribution in [0.25, 0.3) is 0 Å².